The standard InChI is InChI=1S/C14H17NO5/c1-19-10-4-2-9(3-5-10)8-15-13(16)11-6-7-12(20-11)14(17)18/h2-5,11-12H,6-8H2,1H3,(H,15,16)(H,17,18). The monoisotopic (exact) mass is 279 g/mol. The fraction of sp³-hybridized carbons (Fsp3) is 0.429. The van der Waals surface area contributed by atoms with Crippen LogP contribution in [0.15, 0.2) is 24.3 Å². The van der Waals surface area contributed by atoms with E-state index in [-0.39, 0.29) is 5.91 Å². The molecule has 1 aromatic carbocycles. The predicted molar refractivity (Wildman–Crippen MR) is 70.4 cm³/mol. The molecule has 108 valence electrons. The first kappa shape index (κ1) is 14.3. The number of carboxylic acid groups (broad SMARTS) is 1. The van der Waals surface area contributed by atoms with Gasteiger partial charge < -0.3 is 19.9 Å². The van der Waals surface area contributed by atoms with E-state index in [9.17, 15) is 9.59 Å². The van der Waals surface area contributed by atoms with Crippen LogP contribution in [0.4, 0.5) is 0 Å². The van der Waals surface area contributed by atoms with E-state index in [1.165, 1.54) is 0 Å². The second kappa shape index (κ2) is 6.38. The third-order valence-electron chi connectivity index (χ3n) is 3.21. The first-order valence-corrected chi connectivity index (χ1v) is 6.39. The average Bonchev–Trinajstić information content (AvgIpc) is 2.95. The molecule has 0 bridgehead atoms. The average molecular weight is 279 g/mol. The van der Waals surface area contributed by atoms with Crippen LogP contribution in [-0.2, 0) is 20.9 Å². The van der Waals surface area contributed by atoms with Crippen LogP contribution in [0.2, 0.25) is 0 Å². The highest BCUT2D eigenvalue weighted by molar-refractivity contribution is 5.82. The Morgan fingerprint density at radius 1 is 1.30 bits per heavy atom. The first-order chi connectivity index (χ1) is 9.60. The zero-order chi connectivity index (χ0) is 14.5. The zero-order valence-electron chi connectivity index (χ0n) is 11.2. The SMILES string of the molecule is COc1ccc(CNC(=O)C2CCC(C(=O)O)O2)cc1. The molecule has 1 fully saturated rings. The number of aliphatic carboxylic acids is 1. The normalized spacial score (nSPS) is 21.4. The molecule has 1 heterocycles. The molecular formula is C14H17NO5. The van der Waals surface area contributed by atoms with Gasteiger partial charge >= 0.3 is 5.97 Å². The summed E-state index contributed by atoms with van der Waals surface area (Å²) in [5.74, 6) is -0.538. The van der Waals surface area contributed by atoms with Crippen LogP contribution in [0.1, 0.15) is 18.4 Å². The molecule has 1 aliphatic heterocycles. The van der Waals surface area contributed by atoms with Gasteiger partial charge in [0.05, 0.1) is 7.11 Å². The summed E-state index contributed by atoms with van der Waals surface area (Å²) in [5, 5.41) is 11.5. The van der Waals surface area contributed by atoms with Gasteiger partial charge in [-0.25, -0.2) is 4.79 Å². The fourth-order valence-corrected chi connectivity index (χ4v) is 2.06. The lowest BCUT2D eigenvalue weighted by molar-refractivity contribution is -0.151. The van der Waals surface area contributed by atoms with E-state index < -0.39 is 18.2 Å². The van der Waals surface area contributed by atoms with E-state index in [4.69, 9.17) is 14.6 Å². The fourth-order valence-electron chi connectivity index (χ4n) is 2.06. The third kappa shape index (κ3) is 3.48. The lowest BCUT2D eigenvalue weighted by Crippen LogP contribution is -2.35. The summed E-state index contributed by atoms with van der Waals surface area (Å²) in [7, 11) is 1.59. The number of hydrogen-bond donors (Lipinski definition) is 2. The molecule has 20 heavy (non-hydrogen) atoms. The van der Waals surface area contributed by atoms with Gasteiger partial charge in [0.25, 0.3) is 0 Å². The Bertz CT molecular complexity index is 485. The summed E-state index contributed by atoms with van der Waals surface area (Å²) in [6.45, 7) is 0.375. The molecule has 6 nitrogen and oxygen atoms in total. The van der Waals surface area contributed by atoms with Crippen molar-refractivity contribution in [1.29, 1.82) is 0 Å². The lowest BCUT2D eigenvalue weighted by Gasteiger charge is -2.12. The highest BCUT2D eigenvalue weighted by Gasteiger charge is 2.34. The van der Waals surface area contributed by atoms with Crippen LogP contribution >= 0.6 is 0 Å². The summed E-state index contributed by atoms with van der Waals surface area (Å²) >= 11 is 0. The number of amides is 1. The van der Waals surface area contributed by atoms with Gasteiger partial charge in [0.2, 0.25) is 5.91 Å². The molecular weight excluding hydrogens is 262 g/mol. The predicted octanol–water partition coefficient (Wildman–Crippen LogP) is 0.944. The van der Waals surface area contributed by atoms with Crippen molar-refractivity contribution in [2.24, 2.45) is 0 Å². The van der Waals surface area contributed by atoms with Crippen LogP contribution in [-0.4, -0.2) is 36.3 Å². The Labute approximate surface area is 116 Å². The number of carbonyl (C=O) groups excluding carboxylic acids is 1. The van der Waals surface area contributed by atoms with E-state index >= 15 is 0 Å². The summed E-state index contributed by atoms with van der Waals surface area (Å²) < 4.78 is 10.2. The summed E-state index contributed by atoms with van der Waals surface area (Å²) in [6.07, 6.45) is -0.734. The van der Waals surface area contributed by atoms with Crippen molar-refractivity contribution in [1.82, 2.24) is 5.32 Å². The van der Waals surface area contributed by atoms with Crippen molar-refractivity contribution in [3.8, 4) is 5.75 Å². The minimum Gasteiger partial charge on any atom is -0.497 e. The van der Waals surface area contributed by atoms with E-state index in [0.717, 1.165) is 11.3 Å². The molecule has 6 heteroatoms. The van der Waals surface area contributed by atoms with Gasteiger partial charge in [-0.3, -0.25) is 4.79 Å². The molecule has 1 amide bonds. The Morgan fingerprint density at radius 3 is 2.50 bits per heavy atom. The number of methoxy groups -OCH3 is 1. The second-order valence-electron chi connectivity index (χ2n) is 4.59. The number of hydrogen-bond acceptors (Lipinski definition) is 4. The summed E-state index contributed by atoms with van der Waals surface area (Å²) in [6, 6.07) is 7.34. The van der Waals surface area contributed by atoms with Gasteiger partial charge in [-0.1, -0.05) is 12.1 Å². The molecule has 0 saturated carbocycles. The molecule has 2 N–H and O–H groups in total. The Hall–Kier alpha value is -2.08. The quantitative estimate of drug-likeness (QED) is 0.838. The second-order valence-corrected chi connectivity index (χ2v) is 4.59. The highest BCUT2D eigenvalue weighted by atomic mass is 16.5. The molecule has 2 rings (SSSR count). The minimum absolute atomic E-state index is 0.274. The van der Waals surface area contributed by atoms with Gasteiger partial charge in [-0.2, -0.15) is 0 Å². The van der Waals surface area contributed by atoms with E-state index in [1.54, 1.807) is 7.11 Å². The van der Waals surface area contributed by atoms with Crippen LogP contribution in [0.3, 0.4) is 0 Å². The van der Waals surface area contributed by atoms with Gasteiger partial charge in [0, 0.05) is 6.54 Å². The number of rotatable bonds is 5. The highest BCUT2D eigenvalue weighted by Crippen LogP contribution is 2.20. The van der Waals surface area contributed by atoms with E-state index in [2.05, 4.69) is 5.32 Å². The largest absolute Gasteiger partial charge is 0.497 e. The van der Waals surface area contributed by atoms with E-state index in [1.807, 2.05) is 24.3 Å². The minimum atomic E-state index is -1.02. The lowest BCUT2D eigenvalue weighted by atomic mass is 10.1. The van der Waals surface area contributed by atoms with Crippen LogP contribution < -0.4 is 10.1 Å². The van der Waals surface area contributed by atoms with Crippen molar-refractivity contribution >= 4 is 11.9 Å². The van der Waals surface area contributed by atoms with Crippen LogP contribution in [0.5, 0.6) is 5.75 Å². The van der Waals surface area contributed by atoms with Gasteiger partial charge in [-0.15, -0.1) is 0 Å². The molecule has 1 aliphatic rings. The van der Waals surface area contributed by atoms with Crippen molar-refractivity contribution in [2.75, 3.05) is 7.11 Å². The maximum Gasteiger partial charge on any atom is 0.332 e. The molecule has 2 unspecified atom stereocenters. The Balaban J connectivity index is 1.81. The molecule has 0 aromatic heterocycles. The Morgan fingerprint density at radius 2 is 1.95 bits per heavy atom. The molecule has 0 spiro atoms. The summed E-state index contributed by atoms with van der Waals surface area (Å²) in [5.41, 5.74) is 0.937. The molecule has 0 radical (unpaired) electrons. The molecule has 0 aliphatic carbocycles. The number of carbonyl (C=O) groups is 2. The molecule has 2 atom stereocenters. The summed E-state index contributed by atoms with van der Waals surface area (Å²) in [4.78, 5) is 22.6. The van der Waals surface area contributed by atoms with E-state index in [0.29, 0.717) is 19.4 Å². The maximum absolute atomic E-state index is 11.9. The number of ether oxygens (including phenoxy) is 2. The van der Waals surface area contributed by atoms with Crippen molar-refractivity contribution < 1.29 is 24.2 Å². The first-order valence-electron chi connectivity index (χ1n) is 6.39. The number of carboxylic acids is 1. The van der Waals surface area contributed by atoms with Gasteiger partial charge in [0.15, 0.2) is 6.10 Å². The zero-order valence-corrected chi connectivity index (χ0v) is 11.2. The molecule has 1 aromatic rings. The van der Waals surface area contributed by atoms with Crippen molar-refractivity contribution in [3.63, 3.8) is 0 Å². The van der Waals surface area contributed by atoms with Crippen LogP contribution in [0, 0.1) is 0 Å². The molecule has 1 saturated heterocycles. The maximum atomic E-state index is 11.9. The Kier molecular flexibility index (Phi) is 4.57. The van der Waals surface area contributed by atoms with Crippen molar-refractivity contribution in [3.05, 3.63) is 29.8 Å². The van der Waals surface area contributed by atoms with Gasteiger partial charge in [0.1, 0.15) is 11.9 Å². The third-order valence-corrected chi connectivity index (χ3v) is 3.21. The van der Waals surface area contributed by atoms with Crippen LogP contribution in [0.25, 0.3) is 0 Å². The van der Waals surface area contributed by atoms with Crippen molar-refractivity contribution in [2.45, 2.75) is 31.6 Å². The smallest absolute Gasteiger partial charge is 0.332 e. The van der Waals surface area contributed by atoms with Gasteiger partial charge in [-0.05, 0) is 30.5 Å². The topological polar surface area (TPSA) is 84.9 Å². The number of benzene rings is 1. The number of nitrogens with one attached hydrogen (secondary N) is 1.